The van der Waals surface area contributed by atoms with Gasteiger partial charge in [-0.05, 0) is 49.4 Å². The van der Waals surface area contributed by atoms with Crippen molar-refractivity contribution in [3.8, 4) is 5.75 Å². The quantitative estimate of drug-likeness (QED) is 0.684. The number of likely N-dealkylation sites (tertiary alicyclic amines) is 1. The molecule has 0 saturated carbocycles. The lowest BCUT2D eigenvalue weighted by Crippen LogP contribution is -2.27. The molecule has 0 aliphatic carbocycles. The van der Waals surface area contributed by atoms with Gasteiger partial charge in [-0.25, -0.2) is 9.97 Å². The zero-order valence-electron chi connectivity index (χ0n) is 16.2. The average Bonchev–Trinajstić information content (AvgIpc) is 3.37. The third-order valence-corrected chi connectivity index (χ3v) is 6.37. The van der Waals surface area contributed by atoms with Gasteiger partial charge < -0.3 is 15.0 Å². The number of anilines is 1. The molecule has 1 aromatic carbocycles. The number of hydrogen-bond donors (Lipinski definition) is 1. The van der Waals surface area contributed by atoms with Gasteiger partial charge in [0.05, 0.1) is 17.4 Å². The van der Waals surface area contributed by atoms with E-state index in [2.05, 4.69) is 27.4 Å². The molecule has 1 N–H and O–H groups in total. The minimum absolute atomic E-state index is 0.127. The molecule has 3 aromatic rings. The Hall–Kier alpha value is -2.67. The van der Waals surface area contributed by atoms with Crippen molar-refractivity contribution in [2.75, 3.05) is 32.1 Å². The smallest absolute Gasteiger partial charge is 0.264 e. The van der Waals surface area contributed by atoms with E-state index in [0.717, 1.165) is 71.1 Å². The molecule has 146 valence electrons. The van der Waals surface area contributed by atoms with Crippen LogP contribution in [0.2, 0.25) is 0 Å². The van der Waals surface area contributed by atoms with Crippen LogP contribution in [0.3, 0.4) is 0 Å². The van der Waals surface area contributed by atoms with E-state index in [0.29, 0.717) is 0 Å². The van der Waals surface area contributed by atoms with Crippen molar-refractivity contribution in [1.82, 2.24) is 14.9 Å². The second kappa shape index (κ2) is 8.14. The number of nitrogens with one attached hydrogen (secondary N) is 1. The number of methoxy groups -OCH3 is 1. The maximum atomic E-state index is 12.9. The van der Waals surface area contributed by atoms with E-state index in [1.165, 1.54) is 16.9 Å². The minimum atomic E-state index is 0.127. The number of hydrogen-bond acceptors (Lipinski definition) is 6. The highest BCUT2D eigenvalue weighted by atomic mass is 32.1. The second-order valence-corrected chi connectivity index (χ2v) is 7.98. The molecule has 0 unspecified atom stereocenters. The molecule has 0 atom stereocenters. The lowest BCUT2D eigenvalue weighted by molar-refractivity contribution is 0.0797. The first-order valence-corrected chi connectivity index (χ1v) is 10.4. The van der Waals surface area contributed by atoms with Gasteiger partial charge in [-0.3, -0.25) is 4.79 Å². The molecule has 1 amide bonds. The number of rotatable bonds is 6. The van der Waals surface area contributed by atoms with Gasteiger partial charge in [-0.15, -0.1) is 11.3 Å². The van der Waals surface area contributed by atoms with Crippen molar-refractivity contribution >= 4 is 33.3 Å². The molecule has 0 bridgehead atoms. The van der Waals surface area contributed by atoms with Gasteiger partial charge in [-0.2, -0.15) is 0 Å². The van der Waals surface area contributed by atoms with Crippen LogP contribution in [0.4, 0.5) is 5.82 Å². The molecular formula is C21H24N4O2S. The standard InChI is InChI=1S/C21H24N4O2S/c1-14-17-19(22-10-9-15-5-7-16(27-2)8-6-15)23-13-24-20(17)28-18(14)21(26)25-11-3-4-12-25/h5-8,13H,3-4,9-12H2,1-2H3,(H,22,23,24). The number of carbonyl (C=O) groups excluding carboxylic acids is 1. The van der Waals surface area contributed by atoms with Gasteiger partial charge in [0.25, 0.3) is 5.91 Å². The van der Waals surface area contributed by atoms with Crippen molar-refractivity contribution in [3.63, 3.8) is 0 Å². The Morgan fingerprint density at radius 1 is 1.21 bits per heavy atom. The summed E-state index contributed by atoms with van der Waals surface area (Å²) in [6.45, 7) is 4.46. The van der Waals surface area contributed by atoms with E-state index < -0.39 is 0 Å². The second-order valence-electron chi connectivity index (χ2n) is 6.98. The molecule has 0 spiro atoms. The molecule has 1 aliphatic heterocycles. The largest absolute Gasteiger partial charge is 0.497 e. The molecule has 6 nitrogen and oxygen atoms in total. The number of fused-ring (bicyclic) bond motifs is 1. The van der Waals surface area contributed by atoms with Crippen molar-refractivity contribution in [2.24, 2.45) is 0 Å². The third kappa shape index (κ3) is 3.67. The van der Waals surface area contributed by atoms with Crippen LogP contribution in [0.15, 0.2) is 30.6 Å². The summed E-state index contributed by atoms with van der Waals surface area (Å²) in [5.74, 6) is 1.79. The van der Waals surface area contributed by atoms with Gasteiger partial charge in [0, 0.05) is 19.6 Å². The number of ether oxygens (including phenoxy) is 1. The van der Waals surface area contributed by atoms with E-state index in [4.69, 9.17) is 4.74 Å². The molecule has 7 heteroatoms. The highest BCUT2D eigenvalue weighted by molar-refractivity contribution is 7.20. The summed E-state index contributed by atoms with van der Waals surface area (Å²) in [6, 6.07) is 8.08. The molecule has 3 heterocycles. The summed E-state index contributed by atoms with van der Waals surface area (Å²) >= 11 is 1.47. The predicted octanol–water partition coefficient (Wildman–Crippen LogP) is 3.90. The molecule has 2 aromatic heterocycles. The Morgan fingerprint density at radius 3 is 2.68 bits per heavy atom. The van der Waals surface area contributed by atoms with Gasteiger partial charge >= 0.3 is 0 Å². The van der Waals surface area contributed by atoms with Crippen molar-refractivity contribution in [2.45, 2.75) is 26.2 Å². The van der Waals surface area contributed by atoms with Crippen LogP contribution in [0.25, 0.3) is 10.2 Å². The number of aryl methyl sites for hydroxylation is 1. The molecule has 1 aliphatic rings. The molecule has 4 rings (SSSR count). The van der Waals surface area contributed by atoms with Crippen LogP contribution in [0.5, 0.6) is 5.75 Å². The van der Waals surface area contributed by atoms with E-state index in [9.17, 15) is 4.79 Å². The van der Waals surface area contributed by atoms with Crippen LogP contribution < -0.4 is 10.1 Å². The summed E-state index contributed by atoms with van der Waals surface area (Å²) < 4.78 is 5.20. The van der Waals surface area contributed by atoms with Gasteiger partial charge in [0.2, 0.25) is 0 Å². The fourth-order valence-electron chi connectivity index (χ4n) is 3.59. The highest BCUT2D eigenvalue weighted by Crippen LogP contribution is 2.34. The fourth-order valence-corrected chi connectivity index (χ4v) is 4.71. The first-order chi connectivity index (χ1) is 13.7. The molecular weight excluding hydrogens is 372 g/mol. The highest BCUT2D eigenvalue weighted by Gasteiger charge is 2.25. The topological polar surface area (TPSA) is 67.3 Å². The van der Waals surface area contributed by atoms with E-state index in [-0.39, 0.29) is 5.91 Å². The zero-order chi connectivity index (χ0) is 19.5. The van der Waals surface area contributed by atoms with Crippen LogP contribution in [0, 0.1) is 6.92 Å². The number of nitrogens with zero attached hydrogens (tertiary/aromatic N) is 3. The SMILES string of the molecule is COc1ccc(CCNc2ncnc3sc(C(=O)N4CCCC4)c(C)c23)cc1. The molecule has 28 heavy (non-hydrogen) atoms. The summed E-state index contributed by atoms with van der Waals surface area (Å²) in [7, 11) is 1.67. The van der Waals surface area contributed by atoms with Gasteiger partial charge in [-0.1, -0.05) is 12.1 Å². The predicted molar refractivity (Wildman–Crippen MR) is 112 cm³/mol. The number of amides is 1. The third-order valence-electron chi connectivity index (χ3n) is 5.18. The van der Waals surface area contributed by atoms with Crippen LogP contribution in [-0.2, 0) is 6.42 Å². The summed E-state index contributed by atoms with van der Waals surface area (Å²) in [4.78, 5) is 25.3. The summed E-state index contributed by atoms with van der Waals surface area (Å²) in [5.41, 5.74) is 2.20. The zero-order valence-corrected chi connectivity index (χ0v) is 17.0. The van der Waals surface area contributed by atoms with Gasteiger partial charge in [0.15, 0.2) is 0 Å². The Kier molecular flexibility index (Phi) is 5.43. The first kappa shape index (κ1) is 18.7. The molecule has 1 saturated heterocycles. The van der Waals surface area contributed by atoms with E-state index in [1.54, 1.807) is 13.4 Å². The molecule has 0 radical (unpaired) electrons. The van der Waals surface area contributed by atoms with Crippen molar-refractivity contribution in [3.05, 3.63) is 46.6 Å². The van der Waals surface area contributed by atoms with Crippen molar-refractivity contribution < 1.29 is 9.53 Å². The number of thiophene rings is 1. The average molecular weight is 397 g/mol. The Labute approximate surface area is 168 Å². The number of benzene rings is 1. The van der Waals surface area contributed by atoms with Crippen LogP contribution in [-0.4, -0.2) is 47.5 Å². The number of aromatic nitrogens is 2. The Morgan fingerprint density at radius 2 is 1.96 bits per heavy atom. The summed E-state index contributed by atoms with van der Waals surface area (Å²) in [5, 5.41) is 4.39. The molecule has 1 fully saturated rings. The maximum absolute atomic E-state index is 12.9. The van der Waals surface area contributed by atoms with E-state index >= 15 is 0 Å². The van der Waals surface area contributed by atoms with Crippen LogP contribution >= 0.6 is 11.3 Å². The fraction of sp³-hybridized carbons (Fsp3) is 0.381. The normalized spacial score (nSPS) is 13.9. The van der Waals surface area contributed by atoms with Crippen LogP contribution in [0.1, 0.15) is 33.6 Å². The lowest BCUT2D eigenvalue weighted by Gasteiger charge is -2.14. The minimum Gasteiger partial charge on any atom is -0.497 e. The van der Waals surface area contributed by atoms with E-state index in [1.807, 2.05) is 24.0 Å². The summed E-state index contributed by atoms with van der Waals surface area (Å²) in [6.07, 6.45) is 4.62. The monoisotopic (exact) mass is 396 g/mol. The van der Waals surface area contributed by atoms with Gasteiger partial charge in [0.1, 0.15) is 22.7 Å². The maximum Gasteiger partial charge on any atom is 0.264 e. The number of carbonyl (C=O) groups is 1. The Balaban J connectivity index is 1.51. The lowest BCUT2D eigenvalue weighted by atomic mass is 10.1. The first-order valence-electron chi connectivity index (χ1n) is 9.57. The van der Waals surface area contributed by atoms with Crippen molar-refractivity contribution in [1.29, 1.82) is 0 Å². The Bertz CT molecular complexity index is 978.